The number of hydrogen-bond donors (Lipinski definition) is 3. The Labute approximate surface area is 179 Å². The van der Waals surface area contributed by atoms with Crippen LogP contribution >= 0.6 is 0 Å². The summed E-state index contributed by atoms with van der Waals surface area (Å²) in [6.07, 6.45) is 0. The van der Waals surface area contributed by atoms with Crippen LogP contribution in [0.4, 0.5) is 10.1 Å². The smallest absolute Gasteiger partial charge is 0.231 e. The number of rotatable bonds is 7. The molecule has 0 bridgehead atoms. The molecule has 3 N–H and O–H groups in total. The Balaban J connectivity index is 1.56. The van der Waals surface area contributed by atoms with Crippen LogP contribution in [0.15, 0.2) is 47.3 Å². The molecule has 0 unspecified atom stereocenters. The van der Waals surface area contributed by atoms with E-state index in [4.69, 9.17) is 9.84 Å². The van der Waals surface area contributed by atoms with Crippen molar-refractivity contribution in [2.24, 2.45) is 0 Å². The van der Waals surface area contributed by atoms with Gasteiger partial charge in [0.1, 0.15) is 5.82 Å². The normalized spacial score (nSPS) is 15.0. The number of aromatic hydroxyl groups is 1. The summed E-state index contributed by atoms with van der Waals surface area (Å²) in [5.41, 5.74) is 1.13. The minimum Gasteiger partial charge on any atom is -0.503 e. The van der Waals surface area contributed by atoms with Gasteiger partial charge in [-0.3, -0.25) is 9.69 Å². The van der Waals surface area contributed by atoms with E-state index in [2.05, 4.69) is 9.88 Å². The van der Waals surface area contributed by atoms with Gasteiger partial charge >= 0.3 is 0 Å². The number of nitrogens with one attached hydrogen (secondary N) is 1. The molecule has 7 nitrogen and oxygen atoms in total. The SMILES string of the molecule is O=c1c(O)c(-c2ccccc2)[nH]c2cc(F)c(N3CCN(CCOCCO)CC3)cc12. The number of anilines is 1. The molecule has 0 aliphatic carbocycles. The summed E-state index contributed by atoms with van der Waals surface area (Å²) in [6, 6.07) is 11.9. The summed E-state index contributed by atoms with van der Waals surface area (Å²) >= 11 is 0. The van der Waals surface area contributed by atoms with Crippen molar-refractivity contribution in [1.82, 2.24) is 9.88 Å². The fraction of sp³-hybridized carbons (Fsp3) is 0.348. The molecule has 1 aromatic heterocycles. The maximum Gasteiger partial charge on any atom is 0.231 e. The Hall–Kier alpha value is -2.94. The van der Waals surface area contributed by atoms with Crippen LogP contribution in [-0.4, -0.2) is 72.6 Å². The minimum absolute atomic E-state index is 0.0105. The third-order valence-corrected chi connectivity index (χ3v) is 5.61. The van der Waals surface area contributed by atoms with Gasteiger partial charge in [0.05, 0.1) is 42.1 Å². The number of fused-ring (bicyclic) bond motifs is 1. The van der Waals surface area contributed by atoms with Crippen LogP contribution in [0.3, 0.4) is 0 Å². The van der Waals surface area contributed by atoms with E-state index in [1.807, 2.05) is 11.0 Å². The van der Waals surface area contributed by atoms with Crippen molar-refractivity contribution < 1.29 is 19.3 Å². The Kier molecular flexibility index (Phi) is 6.50. The maximum absolute atomic E-state index is 15.0. The standard InChI is InChI=1S/C23H26FN3O4/c24-18-15-19-17(22(29)23(30)21(25-19)16-4-2-1-3-5-16)14-20(18)27-8-6-26(7-9-27)10-12-31-13-11-28/h1-5,14-15,28,30H,6-13H2,(H,25,29). The number of nitrogens with zero attached hydrogens (tertiary/aromatic N) is 2. The summed E-state index contributed by atoms with van der Waals surface area (Å²) < 4.78 is 20.3. The maximum atomic E-state index is 15.0. The van der Waals surface area contributed by atoms with E-state index >= 15 is 0 Å². The predicted molar refractivity (Wildman–Crippen MR) is 118 cm³/mol. The van der Waals surface area contributed by atoms with Gasteiger partial charge in [-0.25, -0.2) is 4.39 Å². The van der Waals surface area contributed by atoms with Crippen molar-refractivity contribution >= 4 is 16.6 Å². The first-order chi connectivity index (χ1) is 15.1. The number of H-pyrrole nitrogens is 1. The lowest BCUT2D eigenvalue weighted by Gasteiger charge is -2.36. The van der Waals surface area contributed by atoms with Gasteiger partial charge in [0.25, 0.3) is 0 Å². The van der Waals surface area contributed by atoms with Crippen LogP contribution in [0.1, 0.15) is 0 Å². The summed E-state index contributed by atoms with van der Waals surface area (Å²) in [6.45, 7) is 4.37. The van der Waals surface area contributed by atoms with Crippen LogP contribution in [0.2, 0.25) is 0 Å². The molecule has 4 rings (SSSR count). The van der Waals surface area contributed by atoms with Crippen LogP contribution in [-0.2, 0) is 4.74 Å². The second-order valence-corrected chi connectivity index (χ2v) is 7.56. The minimum atomic E-state index is -0.520. The second kappa shape index (κ2) is 9.47. The highest BCUT2D eigenvalue weighted by atomic mass is 19.1. The monoisotopic (exact) mass is 427 g/mol. The predicted octanol–water partition coefficient (Wildman–Crippen LogP) is 2.17. The lowest BCUT2D eigenvalue weighted by atomic mass is 10.1. The zero-order valence-corrected chi connectivity index (χ0v) is 17.2. The average Bonchev–Trinajstić information content (AvgIpc) is 2.80. The molecule has 0 atom stereocenters. The van der Waals surface area contributed by atoms with Crippen molar-refractivity contribution in [3.8, 4) is 17.0 Å². The van der Waals surface area contributed by atoms with Gasteiger partial charge in [-0.15, -0.1) is 0 Å². The molecular formula is C23H26FN3O4. The molecule has 2 heterocycles. The van der Waals surface area contributed by atoms with E-state index in [-0.39, 0.29) is 23.4 Å². The number of benzene rings is 2. The topological polar surface area (TPSA) is 89.0 Å². The van der Waals surface area contributed by atoms with E-state index in [0.717, 1.165) is 19.6 Å². The molecule has 8 heteroatoms. The number of pyridine rings is 1. The molecule has 3 aromatic rings. The zero-order chi connectivity index (χ0) is 21.8. The quantitative estimate of drug-likeness (QED) is 0.501. The molecular weight excluding hydrogens is 401 g/mol. The van der Waals surface area contributed by atoms with Gasteiger partial charge in [0.2, 0.25) is 5.43 Å². The third kappa shape index (κ3) is 4.56. The first kappa shape index (κ1) is 21.3. The van der Waals surface area contributed by atoms with E-state index in [9.17, 15) is 14.3 Å². The lowest BCUT2D eigenvalue weighted by Crippen LogP contribution is -2.47. The van der Waals surface area contributed by atoms with Crippen LogP contribution in [0.5, 0.6) is 5.75 Å². The molecule has 2 aromatic carbocycles. The van der Waals surface area contributed by atoms with Gasteiger partial charge in [-0.1, -0.05) is 30.3 Å². The van der Waals surface area contributed by atoms with E-state index in [0.29, 0.717) is 43.1 Å². The van der Waals surface area contributed by atoms with Crippen molar-refractivity contribution in [3.05, 3.63) is 58.5 Å². The van der Waals surface area contributed by atoms with Gasteiger partial charge in [-0.05, 0) is 6.07 Å². The Morgan fingerprint density at radius 1 is 1.06 bits per heavy atom. The third-order valence-electron chi connectivity index (χ3n) is 5.61. The second-order valence-electron chi connectivity index (χ2n) is 7.56. The fourth-order valence-corrected chi connectivity index (χ4v) is 3.92. The molecule has 0 saturated carbocycles. The van der Waals surface area contributed by atoms with E-state index in [1.165, 1.54) is 12.1 Å². The number of ether oxygens (including phenoxy) is 1. The number of aliphatic hydroxyl groups is 1. The van der Waals surface area contributed by atoms with Crippen molar-refractivity contribution in [2.45, 2.75) is 0 Å². The number of aromatic amines is 1. The fourth-order valence-electron chi connectivity index (χ4n) is 3.92. The van der Waals surface area contributed by atoms with Crippen LogP contribution < -0.4 is 10.3 Å². The Morgan fingerprint density at radius 3 is 2.52 bits per heavy atom. The largest absolute Gasteiger partial charge is 0.503 e. The first-order valence-electron chi connectivity index (χ1n) is 10.4. The Morgan fingerprint density at radius 2 is 1.81 bits per heavy atom. The zero-order valence-electron chi connectivity index (χ0n) is 17.2. The summed E-state index contributed by atoms with van der Waals surface area (Å²) in [5, 5.41) is 19.5. The number of halogens is 1. The highest BCUT2D eigenvalue weighted by Gasteiger charge is 2.22. The molecule has 0 radical (unpaired) electrons. The van der Waals surface area contributed by atoms with Gasteiger partial charge in [0, 0.05) is 44.4 Å². The highest BCUT2D eigenvalue weighted by Crippen LogP contribution is 2.30. The summed E-state index contributed by atoms with van der Waals surface area (Å²) in [4.78, 5) is 20.0. The first-order valence-corrected chi connectivity index (χ1v) is 10.4. The van der Waals surface area contributed by atoms with Crippen molar-refractivity contribution in [3.63, 3.8) is 0 Å². The highest BCUT2D eigenvalue weighted by molar-refractivity contribution is 5.87. The molecule has 31 heavy (non-hydrogen) atoms. The number of hydrogen-bond acceptors (Lipinski definition) is 6. The molecule has 1 fully saturated rings. The molecule has 1 saturated heterocycles. The summed E-state index contributed by atoms with van der Waals surface area (Å²) in [5.74, 6) is -0.781. The van der Waals surface area contributed by atoms with Crippen LogP contribution in [0.25, 0.3) is 22.2 Å². The van der Waals surface area contributed by atoms with Crippen LogP contribution in [0, 0.1) is 5.82 Å². The Bertz CT molecular complexity index is 1100. The number of aromatic nitrogens is 1. The lowest BCUT2D eigenvalue weighted by molar-refractivity contribution is 0.0724. The molecule has 0 amide bonds. The van der Waals surface area contributed by atoms with Gasteiger partial charge in [0.15, 0.2) is 5.75 Å². The molecule has 164 valence electrons. The van der Waals surface area contributed by atoms with E-state index < -0.39 is 11.2 Å². The summed E-state index contributed by atoms with van der Waals surface area (Å²) in [7, 11) is 0. The number of aliphatic hydroxyl groups excluding tert-OH is 1. The van der Waals surface area contributed by atoms with E-state index in [1.54, 1.807) is 24.3 Å². The molecule has 1 aliphatic heterocycles. The van der Waals surface area contributed by atoms with Gasteiger partial charge in [-0.2, -0.15) is 0 Å². The van der Waals surface area contributed by atoms with Crippen molar-refractivity contribution in [2.75, 3.05) is 57.4 Å². The van der Waals surface area contributed by atoms with Crippen molar-refractivity contribution in [1.29, 1.82) is 0 Å². The molecule has 0 spiro atoms. The van der Waals surface area contributed by atoms with Gasteiger partial charge < -0.3 is 24.8 Å². The molecule has 1 aliphatic rings. The number of piperazine rings is 1. The average molecular weight is 427 g/mol.